The maximum Gasteiger partial charge on any atom is 0.271 e. The second-order valence-electron chi connectivity index (χ2n) is 6.36. The Balaban J connectivity index is 1.65. The number of hydrogen-bond acceptors (Lipinski definition) is 5. The van der Waals surface area contributed by atoms with E-state index in [-0.39, 0.29) is 5.91 Å². The Morgan fingerprint density at radius 3 is 2.29 bits per heavy atom. The quantitative estimate of drug-likeness (QED) is 0.384. The van der Waals surface area contributed by atoms with Crippen LogP contribution in [0.5, 0.6) is 11.5 Å². The highest BCUT2D eigenvalue weighted by Gasteiger charge is 2.09. The van der Waals surface area contributed by atoms with Gasteiger partial charge < -0.3 is 14.8 Å². The summed E-state index contributed by atoms with van der Waals surface area (Å²) in [6.07, 6.45) is 1.50. The van der Waals surface area contributed by atoms with E-state index in [0.717, 1.165) is 10.0 Å². The number of nitrogens with zero attached hydrogens (tertiary/aromatic N) is 1. The lowest BCUT2D eigenvalue weighted by atomic mass is 10.1. The number of hydrazone groups is 1. The smallest absolute Gasteiger partial charge is 0.271 e. The van der Waals surface area contributed by atoms with Crippen LogP contribution in [0.3, 0.4) is 0 Å². The zero-order valence-electron chi connectivity index (χ0n) is 16.9. The normalized spacial score (nSPS) is 10.5. The number of rotatable bonds is 7. The van der Waals surface area contributed by atoms with Crippen LogP contribution in [-0.2, 0) is 0 Å². The molecule has 2 amide bonds. The topological polar surface area (TPSA) is 89.0 Å². The van der Waals surface area contributed by atoms with Crippen molar-refractivity contribution in [1.29, 1.82) is 0 Å². The molecule has 8 heteroatoms. The first-order valence-electron chi connectivity index (χ1n) is 9.22. The Labute approximate surface area is 188 Å². The summed E-state index contributed by atoms with van der Waals surface area (Å²) in [4.78, 5) is 24.8. The van der Waals surface area contributed by atoms with Gasteiger partial charge in [-0.05, 0) is 60.2 Å². The third-order valence-electron chi connectivity index (χ3n) is 4.26. The Morgan fingerprint density at radius 1 is 0.871 bits per heavy atom. The van der Waals surface area contributed by atoms with Gasteiger partial charge in [0.1, 0.15) is 0 Å². The first kappa shape index (κ1) is 22.0. The lowest BCUT2D eigenvalue weighted by Gasteiger charge is -2.08. The number of carbonyl (C=O) groups excluding carboxylic acids is 2. The van der Waals surface area contributed by atoms with Gasteiger partial charge in [0.2, 0.25) is 0 Å². The van der Waals surface area contributed by atoms with Crippen LogP contribution < -0.4 is 20.2 Å². The molecule has 0 aliphatic heterocycles. The molecule has 0 unspecified atom stereocenters. The molecule has 3 aromatic rings. The van der Waals surface area contributed by atoms with Gasteiger partial charge in [-0.2, -0.15) is 5.10 Å². The minimum Gasteiger partial charge on any atom is -0.493 e. The minimum atomic E-state index is -0.407. The van der Waals surface area contributed by atoms with Gasteiger partial charge >= 0.3 is 0 Å². The molecule has 7 nitrogen and oxygen atoms in total. The first-order valence-corrected chi connectivity index (χ1v) is 10.0. The molecule has 3 aromatic carbocycles. The maximum atomic E-state index is 12.4. The molecule has 0 radical (unpaired) electrons. The predicted octanol–water partition coefficient (Wildman–Crippen LogP) is 4.48. The van der Waals surface area contributed by atoms with Crippen molar-refractivity contribution in [3.05, 3.63) is 87.9 Å². The fraction of sp³-hybridized carbons (Fsp3) is 0.0870. The average Bonchev–Trinajstić information content (AvgIpc) is 2.79. The summed E-state index contributed by atoms with van der Waals surface area (Å²) < 4.78 is 11.2. The zero-order valence-corrected chi connectivity index (χ0v) is 18.5. The maximum absolute atomic E-state index is 12.4. The summed E-state index contributed by atoms with van der Waals surface area (Å²) in [5, 5.41) is 6.77. The highest BCUT2D eigenvalue weighted by atomic mass is 79.9. The molecule has 2 N–H and O–H groups in total. The van der Waals surface area contributed by atoms with Gasteiger partial charge in [0.05, 0.1) is 20.4 Å². The van der Waals surface area contributed by atoms with Crippen LogP contribution >= 0.6 is 15.9 Å². The second kappa shape index (κ2) is 10.4. The SMILES string of the molecule is COc1ccc(/C=N/NC(=O)c2cccc(NC(=O)c3cccc(Br)c3)c2)cc1OC. The van der Waals surface area contributed by atoms with Gasteiger partial charge in [0, 0.05) is 21.3 Å². The van der Waals surface area contributed by atoms with Crippen LogP contribution in [0.4, 0.5) is 5.69 Å². The molecule has 0 spiro atoms. The lowest BCUT2D eigenvalue weighted by Crippen LogP contribution is -2.18. The van der Waals surface area contributed by atoms with Gasteiger partial charge in [-0.25, -0.2) is 5.43 Å². The molecule has 158 valence electrons. The number of amides is 2. The second-order valence-corrected chi connectivity index (χ2v) is 7.27. The van der Waals surface area contributed by atoms with Crippen LogP contribution in [0, 0.1) is 0 Å². The molecule has 0 aliphatic rings. The molecule has 0 atom stereocenters. The Morgan fingerprint density at radius 2 is 1.58 bits per heavy atom. The van der Waals surface area contributed by atoms with E-state index in [0.29, 0.717) is 28.3 Å². The van der Waals surface area contributed by atoms with E-state index in [1.54, 1.807) is 74.9 Å². The first-order chi connectivity index (χ1) is 15.0. The molecule has 31 heavy (non-hydrogen) atoms. The van der Waals surface area contributed by atoms with Gasteiger partial charge in [-0.3, -0.25) is 9.59 Å². The Bertz CT molecular complexity index is 1130. The predicted molar refractivity (Wildman–Crippen MR) is 123 cm³/mol. The largest absolute Gasteiger partial charge is 0.493 e. The monoisotopic (exact) mass is 481 g/mol. The van der Waals surface area contributed by atoms with Crippen molar-refractivity contribution in [1.82, 2.24) is 5.43 Å². The summed E-state index contributed by atoms with van der Waals surface area (Å²) in [5.41, 5.74) is 4.57. The Kier molecular flexibility index (Phi) is 7.40. The van der Waals surface area contributed by atoms with Gasteiger partial charge in [0.25, 0.3) is 11.8 Å². The highest BCUT2D eigenvalue weighted by molar-refractivity contribution is 9.10. The van der Waals surface area contributed by atoms with E-state index in [1.165, 1.54) is 6.21 Å². The summed E-state index contributed by atoms with van der Waals surface area (Å²) in [6, 6.07) is 18.9. The van der Waals surface area contributed by atoms with Crippen molar-refractivity contribution < 1.29 is 19.1 Å². The minimum absolute atomic E-state index is 0.273. The molecule has 0 bridgehead atoms. The summed E-state index contributed by atoms with van der Waals surface area (Å²) in [6.45, 7) is 0. The van der Waals surface area contributed by atoms with Crippen molar-refractivity contribution in [3.63, 3.8) is 0 Å². The van der Waals surface area contributed by atoms with E-state index >= 15 is 0 Å². The molecule has 0 aromatic heterocycles. The van der Waals surface area contributed by atoms with Crippen molar-refractivity contribution in [3.8, 4) is 11.5 Å². The fourth-order valence-electron chi connectivity index (χ4n) is 2.73. The third-order valence-corrected chi connectivity index (χ3v) is 4.75. The molecular formula is C23H20BrN3O4. The van der Waals surface area contributed by atoms with Crippen LogP contribution in [0.15, 0.2) is 76.3 Å². The van der Waals surface area contributed by atoms with Crippen LogP contribution in [-0.4, -0.2) is 32.2 Å². The lowest BCUT2D eigenvalue weighted by molar-refractivity contribution is 0.0953. The number of benzene rings is 3. The third kappa shape index (κ3) is 5.93. The van der Waals surface area contributed by atoms with Gasteiger partial charge in [-0.1, -0.05) is 28.1 Å². The number of nitrogens with one attached hydrogen (secondary N) is 2. The van der Waals surface area contributed by atoms with Crippen molar-refractivity contribution >= 4 is 39.6 Å². The van der Waals surface area contributed by atoms with E-state index in [4.69, 9.17) is 9.47 Å². The Hall–Kier alpha value is -3.65. The van der Waals surface area contributed by atoms with Crippen LogP contribution in [0.1, 0.15) is 26.3 Å². The van der Waals surface area contributed by atoms with Crippen molar-refractivity contribution in [2.45, 2.75) is 0 Å². The van der Waals surface area contributed by atoms with E-state index < -0.39 is 5.91 Å². The zero-order chi connectivity index (χ0) is 22.2. The summed E-state index contributed by atoms with van der Waals surface area (Å²) >= 11 is 3.34. The molecular weight excluding hydrogens is 462 g/mol. The van der Waals surface area contributed by atoms with E-state index in [2.05, 4.69) is 31.8 Å². The molecule has 3 rings (SSSR count). The fourth-order valence-corrected chi connectivity index (χ4v) is 3.13. The number of methoxy groups -OCH3 is 2. The van der Waals surface area contributed by atoms with Crippen LogP contribution in [0.25, 0.3) is 0 Å². The average molecular weight is 482 g/mol. The molecule has 0 heterocycles. The molecule has 0 fully saturated rings. The number of carbonyl (C=O) groups is 2. The van der Waals surface area contributed by atoms with E-state index in [1.807, 2.05) is 6.07 Å². The van der Waals surface area contributed by atoms with Crippen LogP contribution in [0.2, 0.25) is 0 Å². The van der Waals surface area contributed by atoms with Gasteiger partial charge in [-0.15, -0.1) is 0 Å². The summed E-state index contributed by atoms with van der Waals surface area (Å²) in [7, 11) is 3.10. The van der Waals surface area contributed by atoms with Gasteiger partial charge in [0.15, 0.2) is 11.5 Å². The van der Waals surface area contributed by atoms with Crippen molar-refractivity contribution in [2.75, 3.05) is 19.5 Å². The standard InChI is InChI=1S/C23H20BrN3O4/c1-30-20-10-9-15(11-21(20)31-2)14-25-27-23(29)17-6-4-8-19(13-17)26-22(28)16-5-3-7-18(24)12-16/h3-14H,1-2H3,(H,26,28)(H,27,29)/b25-14+. The number of hydrogen-bond donors (Lipinski definition) is 2. The molecule has 0 aliphatic carbocycles. The number of anilines is 1. The number of ether oxygens (including phenoxy) is 2. The molecule has 0 saturated carbocycles. The molecule has 0 saturated heterocycles. The highest BCUT2D eigenvalue weighted by Crippen LogP contribution is 2.26. The van der Waals surface area contributed by atoms with Crippen molar-refractivity contribution in [2.24, 2.45) is 5.10 Å². The number of halogens is 1. The van der Waals surface area contributed by atoms with E-state index in [9.17, 15) is 9.59 Å². The summed E-state index contributed by atoms with van der Waals surface area (Å²) in [5.74, 6) is 0.484.